The normalized spacial score (nSPS) is 23.9. The molecule has 2 aliphatic carbocycles. The Bertz CT molecular complexity index is 2470. The van der Waals surface area contributed by atoms with E-state index < -0.39 is 11.7 Å². The largest absolute Gasteiger partial charge is 0.456 e. The van der Waals surface area contributed by atoms with E-state index in [0.717, 1.165) is 102 Å². The summed E-state index contributed by atoms with van der Waals surface area (Å²) in [4.78, 5) is 61.0. The van der Waals surface area contributed by atoms with Gasteiger partial charge in [-0.15, -0.1) is 0 Å². The molecule has 0 radical (unpaired) electrons. The lowest BCUT2D eigenvalue weighted by Gasteiger charge is -2.39. The highest BCUT2D eigenvalue weighted by Crippen LogP contribution is 2.76. The van der Waals surface area contributed by atoms with Gasteiger partial charge in [0.15, 0.2) is 0 Å². The topological polar surface area (TPSA) is 179 Å². The van der Waals surface area contributed by atoms with Gasteiger partial charge >= 0.3 is 0 Å². The fourth-order valence-electron chi connectivity index (χ4n) is 10.7. The molecule has 2 saturated carbocycles. The van der Waals surface area contributed by atoms with E-state index in [-0.39, 0.29) is 41.4 Å². The highest BCUT2D eigenvalue weighted by molar-refractivity contribution is 6.03. The monoisotopic (exact) mass is 944 g/mol. The Labute approximate surface area is 404 Å². The van der Waals surface area contributed by atoms with E-state index in [4.69, 9.17) is 20.9 Å². The SMILES string of the molecule is Cc1ccccc1/C(Cc1ccc(F)c(C(=O)N2CCN(C(=O)CN3CCC(OC4CCN(/C(N)=C/C(=C\N)Oc5cccc(C6CCCN(C(=O)C78CC7C8)C6)c5)CC4)CC3)CC2)c1)=N\NC=O. The zero-order valence-electron chi connectivity index (χ0n) is 39.7. The highest BCUT2D eigenvalue weighted by atomic mass is 19.1. The molecule has 15 nitrogen and oxygen atoms in total. The number of halogens is 1. The van der Waals surface area contributed by atoms with Crippen LogP contribution in [0.5, 0.6) is 5.75 Å². The number of ether oxygens (including phenoxy) is 2. The number of nitrogens with zero attached hydrogens (tertiary/aromatic N) is 6. The Hall–Kier alpha value is -6.26. The number of hydrogen-bond acceptors (Lipinski definition) is 11. The van der Waals surface area contributed by atoms with Crippen LogP contribution >= 0.6 is 0 Å². The van der Waals surface area contributed by atoms with Crippen LogP contribution in [0.3, 0.4) is 0 Å². The molecule has 4 saturated heterocycles. The number of amides is 4. The van der Waals surface area contributed by atoms with E-state index in [1.54, 1.807) is 28.0 Å². The summed E-state index contributed by atoms with van der Waals surface area (Å²) >= 11 is 0. The van der Waals surface area contributed by atoms with E-state index >= 15 is 4.39 Å². The van der Waals surface area contributed by atoms with E-state index in [9.17, 15) is 19.2 Å². The number of piperidine rings is 3. The third-order valence-electron chi connectivity index (χ3n) is 15.2. The Kier molecular flexibility index (Phi) is 14.7. The maximum atomic E-state index is 15.1. The average Bonchev–Trinajstić information content (AvgIpc) is 4.29. The minimum absolute atomic E-state index is 0.00723. The lowest BCUT2D eigenvalue weighted by molar-refractivity contribution is -0.136. The summed E-state index contributed by atoms with van der Waals surface area (Å²) < 4.78 is 28.0. The van der Waals surface area contributed by atoms with Gasteiger partial charge in [0.05, 0.1) is 35.4 Å². The minimum atomic E-state index is -0.612. The summed E-state index contributed by atoms with van der Waals surface area (Å²) in [5.74, 6) is 2.04. The maximum Gasteiger partial charge on any atom is 0.256 e. The molecule has 6 aliphatic rings. The first-order chi connectivity index (χ1) is 33.5. The fourth-order valence-corrected chi connectivity index (χ4v) is 10.7. The third-order valence-corrected chi connectivity index (χ3v) is 15.2. The molecule has 0 aromatic heterocycles. The standard InChI is InChI=1S/C53H66FN9O6/c1-36-6-2-3-10-45(36)48(58-57-35-64)27-37-11-12-47(54)46(26-37)51(66)62-24-22-61(23-25-62)50(65)34-59-18-13-41(14-19-59)68-42-15-20-60(21-16-42)49(56)29-44(32-55)69-43-9-4-7-38(28-43)39-8-5-17-63(33-39)52(67)53-30-40(53)31-53/h2-4,6-7,9-12,26,28-29,32,35,39-42H,5,8,13-25,27,30-31,33-34,55-56H2,1H3,(H,57,64)/b44-32+,49-29+,58-48-. The summed E-state index contributed by atoms with van der Waals surface area (Å²) in [6.45, 7) is 8.26. The molecule has 4 heterocycles. The Balaban J connectivity index is 0.679. The van der Waals surface area contributed by atoms with Gasteiger partial charge in [0.2, 0.25) is 18.2 Å². The fraction of sp³-hybridized carbons (Fsp3) is 0.491. The van der Waals surface area contributed by atoms with Crippen molar-refractivity contribution in [1.82, 2.24) is 29.9 Å². The van der Waals surface area contributed by atoms with Crippen molar-refractivity contribution >= 4 is 29.8 Å². The summed E-state index contributed by atoms with van der Waals surface area (Å²) in [7, 11) is 0. The summed E-state index contributed by atoms with van der Waals surface area (Å²) in [6, 6.07) is 20.2. The lowest BCUT2D eigenvalue weighted by Crippen LogP contribution is -2.53. The molecule has 4 aliphatic heterocycles. The number of benzene rings is 3. The molecule has 16 heteroatoms. The summed E-state index contributed by atoms with van der Waals surface area (Å²) in [5, 5.41) is 4.23. The van der Waals surface area contributed by atoms with Gasteiger partial charge in [0, 0.05) is 95.6 Å². The molecular formula is C53H66FN9O6. The first kappa shape index (κ1) is 47.8. The molecule has 1 atom stereocenters. The number of aryl methyl sites for hydroxylation is 1. The van der Waals surface area contributed by atoms with Crippen molar-refractivity contribution in [2.24, 2.45) is 27.9 Å². The van der Waals surface area contributed by atoms with Crippen molar-refractivity contribution < 1.29 is 33.0 Å². The van der Waals surface area contributed by atoms with Gasteiger partial charge < -0.3 is 40.5 Å². The van der Waals surface area contributed by atoms with Crippen LogP contribution in [0.1, 0.15) is 89.9 Å². The first-order valence-electron chi connectivity index (χ1n) is 24.8. The molecule has 0 bridgehead atoms. The minimum Gasteiger partial charge on any atom is -0.456 e. The van der Waals surface area contributed by atoms with Crippen molar-refractivity contribution in [3.8, 4) is 5.75 Å². The molecule has 366 valence electrons. The van der Waals surface area contributed by atoms with Gasteiger partial charge in [0.1, 0.15) is 23.1 Å². The number of carbonyl (C=O) groups excluding carboxylic acids is 4. The molecule has 0 spiro atoms. The number of fused-ring (bicyclic) bond motifs is 1. The second kappa shape index (κ2) is 21.2. The van der Waals surface area contributed by atoms with Crippen LogP contribution in [0.15, 0.2) is 95.7 Å². The van der Waals surface area contributed by atoms with Crippen LogP contribution in [0, 0.1) is 24.1 Å². The molecule has 6 fully saturated rings. The quantitative estimate of drug-likeness (QED) is 0.0591. The smallest absolute Gasteiger partial charge is 0.256 e. The Morgan fingerprint density at radius 2 is 1.54 bits per heavy atom. The van der Waals surface area contributed by atoms with Crippen molar-refractivity contribution in [3.05, 3.63) is 124 Å². The van der Waals surface area contributed by atoms with E-state index in [1.165, 1.54) is 17.8 Å². The van der Waals surface area contributed by atoms with Gasteiger partial charge in [-0.1, -0.05) is 42.5 Å². The number of hydrazone groups is 1. The number of carbonyl (C=O) groups is 4. The third kappa shape index (κ3) is 11.3. The molecule has 3 aromatic carbocycles. The number of allylic oxidation sites excluding steroid dienone is 1. The number of hydrogen-bond donors (Lipinski definition) is 3. The van der Waals surface area contributed by atoms with Crippen LogP contribution in [0.25, 0.3) is 0 Å². The maximum absolute atomic E-state index is 15.1. The van der Waals surface area contributed by atoms with Crippen molar-refractivity contribution in [2.75, 3.05) is 72.0 Å². The molecule has 5 N–H and O–H groups in total. The molecule has 1 unspecified atom stereocenters. The molecule has 3 aromatic rings. The van der Waals surface area contributed by atoms with Crippen LogP contribution in [-0.2, 0) is 25.5 Å². The van der Waals surface area contributed by atoms with Crippen molar-refractivity contribution in [3.63, 3.8) is 0 Å². The van der Waals surface area contributed by atoms with E-state index in [1.807, 2.05) is 43.3 Å². The van der Waals surface area contributed by atoms with E-state index in [2.05, 4.69) is 37.4 Å². The number of nitrogens with one attached hydrogen (secondary N) is 1. The van der Waals surface area contributed by atoms with Gasteiger partial charge in [-0.3, -0.25) is 24.1 Å². The molecule has 69 heavy (non-hydrogen) atoms. The van der Waals surface area contributed by atoms with Gasteiger partial charge in [-0.25, -0.2) is 9.82 Å². The molecule has 4 amide bonds. The van der Waals surface area contributed by atoms with Crippen LogP contribution in [0.2, 0.25) is 0 Å². The number of likely N-dealkylation sites (tertiary alicyclic amines) is 3. The lowest BCUT2D eigenvalue weighted by atomic mass is 9.90. The number of piperazine rings is 1. The second-order valence-electron chi connectivity index (χ2n) is 19.7. The Morgan fingerprint density at radius 1 is 0.826 bits per heavy atom. The summed E-state index contributed by atoms with van der Waals surface area (Å²) in [5.41, 5.74) is 19.2. The first-order valence-corrected chi connectivity index (χ1v) is 24.8. The second-order valence-corrected chi connectivity index (χ2v) is 19.7. The summed E-state index contributed by atoms with van der Waals surface area (Å²) in [6.07, 6.45) is 11.8. The van der Waals surface area contributed by atoms with E-state index in [0.29, 0.717) is 79.6 Å². The predicted octanol–water partition coefficient (Wildman–Crippen LogP) is 4.85. The molecule has 9 rings (SSSR count). The van der Waals surface area contributed by atoms with Crippen LogP contribution in [0.4, 0.5) is 4.39 Å². The van der Waals surface area contributed by atoms with Gasteiger partial charge in [0.25, 0.3) is 5.91 Å². The molecular weight excluding hydrogens is 878 g/mol. The predicted molar refractivity (Wildman–Crippen MR) is 260 cm³/mol. The highest BCUT2D eigenvalue weighted by Gasteiger charge is 2.75. The number of rotatable bonds is 16. The average molecular weight is 944 g/mol. The zero-order chi connectivity index (χ0) is 48.1. The zero-order valence-corrected chi connectivity index (χ0v) is 39.7. The number of nitrogens with two attached hydrogens (primary N) is 2. The van der Waals surface area contributed by atoms with Crippen molar-refractivity contribution in [1.29, 1.82) is 0 Å². The van der Waals surface area contributed by atoms with Crippen LogP contribution in [-0.4, -0.2) is 139 Å². The van der Waals surface area contributed by atoms with Gasteiger partial charge in [-0.05, 0) is 105 Å². The Morgan fingerprint density at radius 3 is 2.23 bits per heavy atom. The van der Waals surface area contributed by atoms with Crippen molar-refractivity contribution in [2.45, 2.75) is 82.8 Å². The van der Waals surface area contributed by atoms with Crippen LogP contribution < -0.4 is 21.6 Å². The van der Waals surface area contributed by atoms with Gasteiger partial charge in [-0.2, -0.15) is 5.10 Å².